The van der Waals surface area contributed by atoms with Gasteiger partial charge in [0.2, 0.25) is 47.3 Å². The summed E-state index contributed by atoms with van der Waals surface area (Å²) in [5.74, 6) is -12.3. The highest BCUT2D eigenvalue weighted by Gasteiger charge is 2.39. The maximum absolute atomic E-state index is 13.8. The Bertz CT molecular complexity index is 1650. The lowest BCUT2D eigenvalue weighted by Gasteiger charge is -2.30. The minimum absolute atomic E-state index is 0.0860. The fourth-order valence-corrected chi connectivity index (χ4v) is 8.42. The molecule has 0 aromatic heterocycles. The third kappa shape index (κ3) is 17.8. The highest BCUT2D eigenvalue weighted by atomic mass is 33.1. The average Bonchev–Trinajstić information content (AvgIpc) is 3.69. The van der Waals surface area contributed by atoms with Gasteiger partial charge < -0.3 is 63.2 Å². The molecule has 2 heterocycles. The molecule has 342 valence electrons. The maximum atomic E-state index is 13.8. The van der Waals surface area contributed by atoms with Crippen LogP contribution in [-0.4, -0.2) is 159 Å². The number of carboxylic acids is 3. The van der Waals surface area contributed by atoms with Crippen molar-refractivity contribution in [3.05, 3.63) is 0 Å². The second kappa shape index (κ2) is 25.6. The topological polar surface area (TPSA) is 362 Å². The van der Waals surface area contributed by atoms with Crippen LogP contribution in [0.1, 0.15) is 72.6 Å². The Kier molecular flexibility index (Phi) is 21.8. The molecular formula is C36H57N9O14S2. The van der Waals surface area contributed by atoms with Gasteiger partial charge in [0, 0.05) is 24.5 Å². The first-order valence-electron chi connectivity index (χ1n) is 19.7. The van der Waals surface area contributed by atoms with Crippen molar-refractivity contribution in [2.24, 2.45) is 17.6 Å². The maximum Gasteiger partial charge on any atom is 0.327 e. The van der Waals surface area contributed by atoms with Gasteiger partial charge in [-0.3, -0.25) is 47.9 Å². The van der Waals surface area contributed by atoms with Gasteiger partial charge in [-0.05, 0) is 37.5 Å². The minimum Gasteiger partial charge on any atom is -0.481 e. The Balaban J connectivity index is 2.45. The second-order valence-electron chi connectivity index (χ2n) is 15.0. The van der Waals surface area contributed by atoms with Crippen LogP contribution < -0.4 is 43.0 Å². The van der Waals surface area contributed by atoms with Gasteiger partial charge in [-0.2, -0.15) is 0 Å². The number of hydrogen-bond donors (Lipinski definition) is 11. The first kappa shape index (κ1) is 52.0. The quantitative estimate of drug-likeness (QED) is 0.0966. The zero-order valence-corrected chi connectivity index (χ0v) is 36.0. The second-order valence-corrected chi connectivity index (χ2v) is 17.6. The van der Waals surface area contributed by atoms with Crippen molar-refractivity contribution in [2.45, 2.75) is 115 Å². The Hall–Kier alpha value is -5.17. The van der Waals surface area contributed by atoms with E-state index in [9.17, 15) is 68.1 Å². The molecule has 25 heteroatoms. The molecule has 0 bridgehead atoms. The van der Waals surface area contributed by atoms with Crippen molar-refractivity contribution in [1.82, 2.24) is 42.1 Å². The van der Waals surface area contributed by atoms with Gasteiger partial charge >= 0.3 is 17.9 Å². The summed E-state index contributed by atoms with van der Waals surface area (Å²) >= 11 is 0. The minimum atomic E-state index is -1.83. The lowest BCUT2D eigenvalue weighted by atomic mass is 9.97. The summed E-state index contributed by atoms with van der Waals surface area (Å²) in [6.07, 6.45) is -1.07. The molecule has 0 unspecified atom stereocenters. The summed E-state index contributed by atoms with van der Waals surface area (Å²) in [6, 6.07) is -9.63. The first-order valence-corrected chi connectivity index (χ1v) is 22.2. The van der Waals surface area contributed by atoms with Crippen molar-refractivity contribution in [3.63, 3.8) is 0 Å². The molecule has 2 aliphatic rings. The van der Waals surface area contributed by atoms with Crippen molar-refractivity contribution < 1.29 is 68.1 Å². The molecule has 0 aromatic carbocycles. The van der Waals surface area contributed by atoms with E-state index in [4.69, 9.17) is 5.73 Å². The Morgan fingerprint density at radius 1 is 0.738 bits per heavy atom. The molecule has 0 saturated carbocycles. The number of nitrogens with zero attached hydrogens (tertiary/aromatic N) is 1. The van der Waals surface area contributed by atoms with Crippen LogP contribution in [0.5, 0.6) is 0 Å². The number of aliphatic carboxylic acids is 3. The van der Waals surface area contributed by atoms with Crippen LogP contribution in [0, 0.1) is 11.8 Å². The van der Waals surface area contributed by atoms with Gasteiger partial charge in [-0.1, -0.05) is 55.7 Å². The van der Waals surface area contributed by atoms with Crippen molar-refractivity contribution in [2.75, 3.05) is 31.1 Å². The monoisotopic (exact) mass is 903 g/mol. The molecule has 0 aliphatic carbocycles. The summed E-state index contributed by atoms with van der Waals surface area (Å²) in [5, 5.41) is 45.2. The molecule has 0 aromatic rings. The lowest BCUT2D eigenvalue weighted by molar-refractivity contribution is -0.144. The molecule has 8 atom stereocenters. The number of carbonyl (C=O) groups excluding carboxylic acids is 8. The predicted molar refractivity (Wildman–Crippen MR) is 219 cm³/mol. The van der Waals surface area contributed by atoms with Gasteiger partial charge in [0.25, 0.3) is 0 Å². The molecule has 2 fully saturated rings. The zero-order valence-electron chi connectivity index (χ0n) is 34.4. The molecule has 23 nitrogen and oxygen atoms in total. The zero-order chi connectivity index (χ0) is 46.0. The van der Waals surface area contributed by atoms with E-state index in [2.05, 4.69) is 37.2 Å². The third-order valence-electron chi connectivity index (χ3n) is 9.65. The van der Waals surface area contributed by atoms with E-state index in [1.54, 1.807) is 27.7 Å². The summed E-state index contributed by atoms with van der Waals surface area (Å²) in [4.78, 5) is 143. The largest absolute Gasteiger partial charge is 0.481 e. The van der Waals surface area contributed by atoms with Crippen LogP contribution in [0.3, 0.4) is 0 Å². The van der Waals surface area contributed by atoms with Crippen LogP contribution in [0.2, 0.25) is 0 Å². The van der Waals surface area contributed by atoms with Gasteiger partial charge in [0.05, 0.1) is 25.6 Å². The Labute approximate surface area is 359 Å². The van der Waals surface area contributed by atoms with Gasteiger partial charge in [0.1, 0.15) is 36.3 Å². The standard InChI is InChI=1S/C36H57N9O14S2/c1-5-18(4)29-34(56)41-20(8-9-27(48)49)32(54)42-21(12-28(50)51)31(53)39-13-25(46)38-14-26(47)40-22(11-17(2)3)35(57)45-10-6-7-24(45)33(55)43-23(36(58)59)16-61-60-15-19(37)30(52)44-29/h17-24,29H,5-16,37H2,1-4H3,(H,38,46)(H,39,53)(H,40,47)(H,41,56)(H,42,54)(H,43,55)(H,44,52)(H,48,49)(H,50,51)(H,58,59)/t18-,19-,20-,21-,22-,23-,24-,29-/m0/s1. The molecule has 61 heavy (non-hydrogen) atoms. The van der Waals surface area contributed by atoms with Gasteiger partial charge in [-0.15, -0.1) is 0 Å². The van der Waals surface area contributed by atoms with E-state index in [1.807, 2.05) is 0 Å². The number of carboxylic acid groups (broad SMARTS) is 3. The number of hydrogen-bond acceptors (Lipinski definition) is 14. The smallest absolute Gasteiger partial charge is 0.327 e. The van der Waals surface area contributed by atoms with Crippen LogP contribution in [0.4, 0.5) is 0 Å². The molecule has 0 spiro atoms. The fraction of sp³-hybridized carbons (Fsp3) is 0.694. The average molecular weight is 904 g/mol. The normalized spacial score (nSPS) is 27.0. The van der Waals surface area contributed by atoms with E-state index in [0.717, 1.165) is 21.6 Å². The Morgan fingerprint density at radius 2 is 1.38 bits per heavy atom. The highest BCUT2D eigenvalue weighted by molar-refractivity contribution is 8.76. The molecule has 2 saturated heterocycles. The van der Waals surface area contributed by atoms with Crippen molar-refractivity contribution in [3.8, 4) is 0 Å². The number of nitrogens with two attached hydrogens (primary N) is 1. The third-order valence-corrected chi connectivity index (χ3v) is 12.1. The van der Waals surface area contributed by atoms with E-state index in [0.29, 0.717) is 12.8 Å². The van der Waals surface area contributed by atoms with Gasteiger partial charge in [-0.25, -0.2) is 4.79 Å². The van der Waals surface area contributed by atoms with Gasteiger partial charge in [0.15, 0.2) is 0 Å². The predicted octanol–water partition coefficient (Wildman–Crippen LogP) is -3.13. The summed E-state index contributed by atoms with van der Waals surface area (Å²) in [7, 11) is 2.00. The SMILES string of the molecule is CC[C@H](C)[C@@H]1NC(=O)[C@@H](N)CSSC[C@@H](C(=O)O)NC(=O)[C@@H]2CCCN2C(=O)[C@H](CC(C)C)NC(=O)CNC(=O)CNC(=O)[C@H](CC(=O)O)NC(=O)[C@H](CCC(=O)O)NC1=O. The highest BCUT2D eigenvalue weighted by Crippen LogP contribution is 2.24. The summed E-state index contributed by atoms with van der Waals surface area (Å²) < 4.78 is 0. The summed E-state index contributed by atoms with van der Waals surface area (Å²) in [6.45, 7) is 5.58. The molecule has 0 radical (unpaired) electrons. The molecule has 12 N–H and O–H groups in total. The van der Waals surface area contributed by atoms with Crippen LogP contribution in [0.15, 0.2) is 0 Å². The van der Waals surface area contributed by atoms with Crippen LogP contribution in [-0.2, 0) is 52.7 Å². The van der Waals surface area contributed by atoms with Crippen LogP contribution >= 0.6 is 21.6 Å². The van der Waals surface area contributed by atoms with E-state index in [-0.39, 0.29) is 36.8 Å². The van der Waals surface area contributed by atoms with Crippen molar-refractivity contribution >= 4 is 86.8 Å². The fourth-order valence-electron chi connectivity index (χ4n) is 6.15. The lowest BCUT2D eigenvalue weighted by Crippen LogP contribution is -2.59. The number of fused-ring (bicyclic) bond motifs is 1. The molecule has 8 amide bonds. The van der Waals surface area contributed by atoms with Crippen LogP contribution in [0.25, 0.3) is 0 Å². The van der Waals surface area contributed by atoms with E-state index in [1.165, 1.54) is 4.90 Å². The number of rotatable bonds is 10. The van der Waals surface area contributed by atoms with E-state index >= 15 is 0 Å². The van der Waals surface area contributed by atoms with E-state index < -0.39 is 146 Å². The number of nitrogens with one attached hydrogen (secondary N) is 7. The molecule has 2 rings (SSSR count). The number of amides is 8. The number of carbonyl (C=O) groups is 11. The van der Waals surface area contributed by atoms with Crippen molar-refractivity contribution in [1.29, 1.82) is 0 Å². The summed E-state index contributed by atoms with van der Waals surface area (Å²) in [5.41, 5.74) is 6.11. The Morgan fingerprint density at radius 3 is 1.98 bits per heavy atom. The first-order chi connectivity index (χ1) is 28.6. The molecule has 2 aliphatic heterocycles. The molecular weight excluding hydrogens is 847 g/mol.